The summed E-state index contributed by atoms with van der Waals surface area (Å²) in [6.07, 6.45) is 0. The molecule has 4 heteroatoms. The number of methoxy groups -OCH3 is 1. The third kappa shape index (κ3) is 3.52. The summed E-state index contributed by atoms with van der Waals surface area (Å²) in [5.41, 5.74) is 1.55. The number of benzene rings is 2. The van der Waals surface area contributed by atoms with Gasteiger partial charge in [0.25, 0.3) is 0 Å². The van der Waals surface area contributed by atoms with E-state index >= 15 is 0 Å². The van der Waals surface area contributed by atoms with Gasteiger partial charge in [-0.2, -0.15) is 0 Å². The van der Waals surface area contributed by atoms with Gasteiger partial charge < -0.3 is 9.47 Å². The molecule has 0 spiro atoms. The van der Waals surface area contributed by atoms with Crippen molar-refractivity contribution in [1.82, 2.24) is 0 Å². The zero-order valence-corrected chi connectivity index (χ0v) is 12.1. The molecule has 0 aliphatic rings. The van der Waals surface area contributed by atoms with E-state index in [9.17, 15) is 4.79 Å². The molecule has 0 aromatic heterocycles. The van der Waals surface area contributed by atoms with E-state index in [0.717, 1.165) is 5.56 Å². The van der Waals surface area contributed by atoms with Crippen LogP contribution in [0.4, 0.5) is 0 Å². The summed E-state index contributed by atoms with van der Waals surface area (Å²) < 4.78 is 10.7. The molecule has 0 radical (unpaired) electrons. The monoisotopic (exact) mass is 290 g/mol. The van der Waals surface area contributed by atoms with Gasteiger partial charge in [-0.05, 0) is 42.8 Å². The molecule has 0 aliphatic heterocycles. The third-order valence-corrected chi connectivity index (χ3v) is 3.06. The number of halogens is 1. The maximum Gasteiger partial charge on any atom is 0.203 e. The maximum atomic E-state index is 12.2. The van der Waals surface area contributed by atoms with E-state index in [4.69, 9.17) is 21.1 Å². The van der Waals surface area contributed by atoms with Crippen LogP contribution in [0.15, 0.2) is 42.5 Å². The van der Waals surface area contributed by atoms with Gasteiger partial charge in [-0.15, -0.1) is 0 Å². The largest absolute Gasteiger partial charge is 0.496 e. The molecule has 0 amide bonds. The lowest BCUT2D eigenvalue weighted by Gasteiger charge is -2.10. The minimum atomic E-state index is -0.137. The van der Waals surface area contributed by atoms with Crippen molar-refractivity contribution in [3.05, 3.63) is 58.6 Å². The van der Waals surface area contributed by atoms with Gasteiger partial charge in [0.1, 0.15) is 11.5 Å². The van der Waals surface area contributed by atoms with E-state index in [1.807, 2.05) is 19.1 Å². The van der Waals surface area contributed by atoms with E-state index in [1.165, 1.54) is 0 Å². The van der Waals surface area contributed by atoms with Gasteiger partial charge in [-0.1, -0.05) is 23.7 Å². The second kappa shape index (κ2) is 6.44. The summed E-state index contributed by atoms with van der Waals surface area (Å²) in [7, 11) is 1.55. The zero-order chi connectivity index (χ0) is 14.5. The number of carbonyl (C=O) groups excluding carboxylic acids is 1. The van der Waals surface area contributed by atoms with Gasteiger partial charge in [-0.25, -0.2) is 0 Å². The third-order valence-electron chi connectivity index (χ3n) is 2.82. The molecule has 104 valence electrons. The van der Waals surface area contributed by atoms with Crippen LogP contribution >= 0.6 is 11.6 Å². The first-order chi connectivity index (χ1) is 9.60. The van der Waals surface area contributed by atoms with Gasteiger partial charge in [0, 0.05) is 5.02 Å². The van der Waals surface area contributed by atoms with E-state index in [1.54, 1.807) is 37.4 Å². The Hall–Kier alpha value is -2.00. The summed E-state index contributed by atoms with van der Waals surface area (Å²) in [6.45, 7) is 1.89. The van der Waals surface area contributed by atoms with E-state index in [-0.39, 0.29) is 12.4 Å². The summed E-state index contributed by atoms with van der Waals surface area (Å²) in [5, 5.41) is 0.572. The summed E-state index contributed by atoms with van der Waals surface area (Å²) in [5.74, 6) is 0.989. The molecule has 20 heavy (non-hydrogen) atoms. The Bertz CT molecular complexity index is 623. The molecule has 0 atom stereocenters. The molecule has 0 saturated heterocycles. The predicted octanol–water partition coefficient (Wildman–Crippen LogP) is 3.92. The molecule has 0 fully saturated rings. The Morgan fingerprint density at radius 2 is 2.00 bits per heavy atom. The van der Waals surface area contributed by atoms with Crippen molar-refractivity contribution in [2.75, 3.05) is 13.7 Å². The van der Waals surface area contributed by atoms with Gasteiger partial charge >= 0.3 is 0 Å². The highest BCUT2D eigenvalue weighted by molar-refractivity contribution is 6.30. The van der Waals surface area contributed by atoms with E-state index < -0.39 is 0 Å². The highest BCUT2D eigenvalue weighted by atomic mass is 35.5. The van der Waals surface area contributed by atoms with Crippen molar-refractivity contribution in [3.63, 3.8) is 0 Å². The molecular formula is C16H15ClO3. The van der Waals surface area contributed by atoms with Crippen LogP contribution < -0.4 is 9.47 Å². The molecule has 2 aromatic rings. The lowest BCUT2D eigenvalue weighted by Crippen LogP contribution is -2.12. The molecule has 0 aliphatic carbocycles. The second-order valence-corrected chi connectivity index (χ2v) is 4.81. The molecule has 3 nitrogen and oxygen atoms in total. The van der Waals surface area contributed by atoms with Crippen LogP contribution in [0.1, 0.15) is 15.9 Å². The maximum absolute atomic E-state index is 12.2. The van der Waals surface area contributed by atoms with Crippen molar-refractivity contribution in [2.45, 2.75) is 6.92 Å². The molecule has 0 bridgehead atoms. The van der Waals surface area contributed by atoms with Crippen molar-refractivity contribution < 1.29 is 14.3 Å². The van der Waals surface area contributed by atoms with Crippen molar-refractivity contribution in [3.8, 4) is 11.5 Å². The number of Topliss-reactive ketones (excluding diaryl/α,β-unsaturated/α-hetero) is 1. The molecule has 2 rings (SSSR count). The highest BCUT2D eigenvalue weighted by Gasteiger charge is 2.13. The topological polar surface area (TPSA) is 35.5 Å². The van der Waals surface area contributed by atoms with E-state index in [0.29, 0.717) is 22.1 Å². The average Bonchev–Trinajstić information content (AvgIpc) is 2.44. The van der Waals surface area contributed by atoms with Crippen LogP contribution in [0.25, 0.3) is 0 Å². The Kier molecular flexibility index (Phi) is 4.64. The van der Waals surface area contributed by atoms with Gasteiger partial charge in [-0.3, -0.25) is 4.79 Å². The standard InChI is InChI=1S/C16H15ClO3/c1-11-6-7-14(16(8-11)19-2)15(18)10-20-13-5-3-4-12(17)9-13/h3-9H,10H2,1-2H3. The number of hydrogen-bond acceptors (Lipinski definition) is 3. The molecule has 0 N–H and O–H groups in total. The van der Waals surface area contributed by atoms with Crippen LogP contribution in [0.2, 0.25) is 5.02 Å². The number of ether oxygens (including phenoxy) is 2. The van der Waals surface area contributed by atoms with E-state index in [2.05, 4.69) is 0 Å². The number of ketones is 1. The molecular weight excluding hydrogens is 276 g/mol. The minimum Gasteiger partial charge on any atom is -0.496 e. The van der Waals surface area contributed by atoms with Crippen molar-refractivity contribution in [2.24, 2.45) is 0 Å². The lowest BCUT2D eigenvalue weighted by atomic mass is 10.1. The summed E-state index contributed by atoms with van der Waals surface area (Å²) >= 11 is 5.86. The van der Waals surface area contributed by atoms with Crippen molar-refractivity contribution in [1.29, 1.82) is 0 Å². The van der Waals surface area contributed by atoms with Crippen LogP contribution in [0.5, 0.6) is 11.5 Å². The molecule has 0 unspecified atom stereocenters. The Balaban J connectivity index is 2.09. The molecule has 0 heterocycles. The fourth-order valence-electron chi connectivity index (χ4n) is 1.81. The molecule has 0 saturated carbocycles. The Labute approximate surface area is 123 Å². The zero-order valence-electron chi connectivity index (χ0n) is 11.4. The van der Waals surface area contributed by atoms with Crippen LogP contribution in [-0.4, -0.2) is 19.5 Å². The van der Waals surface area contributed by atoms with Crippen molar-refractivity contribution >= 4 is 17.4 Å². The second-order valence-electron chi connectivity index (χ2n) is 4.37. The number of carbonyl (C=O) groups is 1. The SMILES string of the molecule is COc1cc(C)ccc1C(=O)COc1cccc(Cl)c1. The minimum absolute atomic E-state index is 0.0558. The van der Waals surface area contributed by atoms with Crippen LogP contribution in [-0.2, 0) is 0 Å². The number of aryl methyl sites for hydroxylation is 1. The van der Waals surface area contributed by atoms with Gasteiger partial charge in [0.05, 0.1) is 12.7 Å². The van der Waals surface area contributed by atoms with Gasteiger partial charge in [0.15, 0.2) is 6.61 Å². The van der Waals surface area contributed by atoms with Gasteiger partial charge in [0.2, 0.25) is 5.78 Å². The Morgan fingerprint density at radius 1 is 1.20 bits per heavy atom. The first-order valence-electron chi connectivity index (χ1n) is 6.16. The summed E-state index contributed by atoms with van der Waals surface area (Å²) in [4.78, 5) is 12.2. The highest BCUT2D eigenvalue weighted by Crippen LogP contribution is 2.21. The fraction of sp³-hybridized carbons (Fsp3) is 0.188. The fourth-order valence-corrected chi connectivity index (χ4v) is 1.99. The normalized spacial score (nSPS) is 10.2. The lowest BCUT2D eigenvalue weighted by molar-refractivity contribution is 0.0918. The number of rotatable bonds is 5. The smallest absolute Gasteiger partial charge is 0.203 e. The van der Waals surface area contributed by atoms with Crippen LogP contribution in [0.3, 0.4) is 0 Å². The number of hydrogen-bond donors (Lipinski definition) is 0. The first-order valence-corrected chi connectivity index (χ1v) is 6.54. The predicted molar refractivity (Wildman–Crippen MR) is 79.0 cm³/mol. The summed E-state index contributed by atoms with van der Waals surface area (Å²) in [6, 6.07) is 12.4. The molecule has 2 aromatic carbocycles. The Morgan fingerprint density at radius 3 is 2.70 bits per heavy atom. The first kappa shape index (κ1) is 14.4. The van der Waals surface area contributed by atoms with Crippen LogP contribution in [0, 0.1) is 6.92 Å². The average molecular weight is 291 g/mol. The quantitative estimate of drug-likeness (QED) is 0.783.